The second-order valence-electron chi connectivity index (χ2n) is 4.11. The number of carboxylic acids is 1. The summed E-state index contributed by atoms with van der Waals surface area (Å²) in [5, 5.41) is 8.89. The summed E-state index contributed by atoms with van der Waals surface area (Å²) in [5.74, 6) is -4.25. The Morgan fingerprint density at radius 1 is 1.20 bits per heavy atom. The van der Waals surface area contributed by atoms with E-state index in [-0.39, 0.29) is 10.8 Å². The third-order valence-corrected chi connectivity index (χ3v) is 2.86. The molecule has 0 saturated heterocycles. The molecule has 0 unspecified atom stereocenters. The first kappa shape index (κ1) is 14.3. The summed E-state index contributed by atoms with van der Waals surface area (Å²) >= 11 is 5.87. The summed E-state index contributed by atoms with van der Waals surface area (Å²) in [5.41, 5.74) is 0.301. The Morgan fingerprint density at radius 2 is 1.80 bits per heavy atom. The van der Waals surface area contributed by atoms with Gasteiger partial charge in [0.05, 0.1) is 10.6 Å². The second-order valence-corrected chi connectivity index (χ2v) is 4.52. The fourth-order valence-electron chi connectivity index (χ4n) is 1.58. The van der Waals surface area contributed by atoms with Gasteiger partial charge in [-0.15, -0.1) is 0 Å². The molecule has 1 N–H and O–H groups in total. The molecule has 6 heteroatoms. The van der Waals surface area contributed by atoms with E-state index in [4.69, 9.17) is 21.4 Å². The smallest absolute Gasteiger partial charge is 0.335 e. The van der Waals surface area contributed by atoms with Crippen LogP contribution in [0.15, 0.2) is 30.3 Å². The van der Waals surface area contributed by atoms with E-state index in [1.54, 1.807) is 13.0 Å². The van der Waals surface area contributed by atoms with E-state index in [9.17, 15) is 13.6 Å². The summed E-state index contributed by atoms with van der Waals surface area (Å²) < 4.78 is 32.5. The van der Waals surface area contributed by atoms with Crippen LogP contribution in [0.3, 0.4) is 0 Å². The Labute approximate surface area is 118 Å². The molecule has 0 aliphatic heterocycles. The highest BCUT2D eigenvalue weighted by Crippen LogP contribution is 2.33. The minimum absolute atomic E-state index is 0.0903. The van der Waals surface area contributed by atoms with Gasteiger partial charge in [0.25, 0.3) is 0 Å². The normalized spacial score (nSPS) is 10.4. The van der Waals surface area contributed by atoms with E-state index < -0.39 is 28.9 Å². The number of rotatable bonds is 3. The molecule has 0 spiro atoms. The van der Waals surface area contributed by atoms with Gasteiger partial charge in [-0.25, -0.2) is 13.6 Å². The molecule has 2 rings (SSSR count). The lowest BCUT2D eigenvalue weighted by atomic mass is 10.2. The molecule has 0 fully saturated rings. The number of ether oxygens (including phenoxy) is 1. The molecule has 3 nitrogen and oxygen atoms in total. The van der Waals surface area contributed by atoms with Crippen LogP contribution in [0.2, 0.25) is 5.02 Å². The predicted octanol–water partition coefficient (Wildman–Crippen LogP) is 4.42. The van der Waals surface area contributed by atoms with Crippen LogP contribution in [0.1, 0.15) is 15.9 Å². The molecule has 0 saturated carbocycles. The van der Waals surface area contributed by atoms with Crippen LogP contribution in [0, 0.1) is 18.6 Å². The highest BCUT2D eigenvalue weighted by atomic mass is 35.5. The lowest BCUT2D eigenvalue weighted by molar-refractivity contribution is 0.0695. The summed E-state index contributed by atoms with van der Waals surface area (Å²) in [6.07, 6.45) is 0. The number of hydrogen-bond acceptors (Lipinski definition) is 2. The summed E-state index contributed by atoms with van der Waals surface area (Å²) in [4.78, 5) is 10.7. The fourth-order valence-corrected chi connectivity index (χ4v) is 1.74. The third-order valence-electron chi connectivity index (χ3n) is 2.54. The molecule has 0 bridgehead atoms. The van der Waals surface area contributed by atoms with Gasteiger partial charge in [0.1, 0.15) is 5.75 Å². The maximum Gasteiger partial charge on any atom is 0.335 e. The minimum atomic E-state index is -1.43. The summed E-state index contributed by atoms with van der Waals surface area (Å²) in [7, 11) is 0. The number of aromatic carboxylic acids is 1. The average molecular weight is 299 g/mol. The molecular formula is C14H9ClF2O3. The van der Waals surface area contributed by atoms with Crippen molar-refractivity contribution in [3.63, 3.8) is 0 Å². The zero-order valence-electron chi connectivity index (χ0n) is 10.3. The topological polar surface area (TPSA) is 46.5 Å². The minimum Gasteiger partial charge on any atom is -0.478 e. The lowest BCUT2D eigenvalue weighted by Crippen LogP contribution is -2.01. The Morgan fingerprint density at radius 3 is 2.35 bits per heavy atom. The second kappa shape index (κ2) is 5.46. The maximum atomic E-state index is 13.7. The molecule has 0 heterocycles. The molecule has 0 aliphatic carbocycles. The number of carboxylic acid groups (broad SMARTS) is 1. The van der Waals surface area contributed by atoms with Crippen LogP contribution in [0.25, 0.3) is 0 Å². The number of carbonyl (C=O) groups is 1. The van der Waals surface area contributed by atoms with Crippen molar-refractivity contribution in [1.29, 1.82) is 0 Å². The van der Waals surface area contributed by atoms with Crippen LogP contribution in [-0.2, 0) is 0 Å². The van der Waals surface area contributed by atoms with Crippen molar-refractivity contribution in [3.05, 3.63) is 58.1 Å². The number of hydrogen-bond donors (Lipinski definition) is 1. The monoisotopic (exact) mass is 298 g/mol. The predicted molar refractivity (Wildman–Crippen MR) is 69.6 cm³/mol. The van der Waals surface area contributed by atoms with Crippen LogP contribution in [-0.4, -0.2) is 11.1 Å². The first-order valence-corrected chi connectivity index (χ1v) is 5.92. The van der Waals surface area contributed by atoms with Crippen molar-refractivity contribution >= 4 is 17.6 Å². The van der Waals surface area contributed by atoms with Gasteiger partial charge in [0.2, 0.25) is 0 Å². The molecule has 2 aromatic carbocycles. The Kier molecular flexibility index (Phi) is 3.90. The van der Waals surface area contributed by atoms with Gasteiger partial charge in [-0.3, -0.25) is 0 Å². The number of benzene rings is 2. The van der Waals surface area contributed by atoms with Gasteiger partial charge in [-0.2, -0.15) is 0 Å². The first-order valence-electron chi connectivity index (χ1n) is 5.55. The third kappa shape index (κ3) is 2.88. The van der Waals surface area contributed by atoms with Crippen LogP contribution in [0.5, 0.6) is 11.5 Å². The Hall–Kier alpha value is -2.14. The van der Waals surface area contributed by atoms with Gasteiger partial charge >= 0.3 is 5.97 Å². The molecule has 0 atom stereocenters. The lowest BCUT2D eigenvalue weighted by Gasteiger charge is -2.10. The van der Waals surface area contributed by atoms with Gasteiger partial charge in [0.15, 0.2) is 17.4 Å². The van der Waals surface area contributed by atoms with Crippen molar-refractivity contribution in [2.75, 3.05) is 0 Å². The molecule has 0 radical (unpaired) electrons. The molecule has 0 amide bonds. The quantitative estimate of drug-likeness (QED) is 0.912. The van der Waals surface area contributed by atoms with E-state index in [1.165, 1.54) is 12.1 Å². The van der Waals surface area contributed by atoms with Gasteiger partial charge in [-0.05, 0) is 36.8 Å². The van der Waals surface area contributed by atoms with Gasteiger partial charge in [0, 0.05) is 0 Å². The largest absolute Gasteiger partial charge is 0.478 e. The van der Waals surface area contributed by atoms with Crippen molar-refractivity contribution in [2.24, 2.45) is 0 Å². The number of aryl methyl sites for hydroxylation is 1. The highest BCUT2D eigenvalue weighted by Gasteiger charge is 2.17. The molecular weight excluding hydrogens is 290 g/mol. The zero-order valence-corrected chi connectivity index (χ0v) is 11.0. The maximum absolute atomic E-state index is 13.7. The fraction of sp³-hybridized carbons (Fsp3) is 0.0714. The van der Waals surface area contributed by atoms with E-state index >= 15 is 0 Å². The van der Waals surface area contributed by atoms with Crippen LogP contribution < -0.4 is 4.74 Å². The summed E-state index contributed by atoms with van der Waals surface area (Å²) in [6.45, 7) is 1.77. The number of halogens is 3. The van der Waals surface area contributed by atoms with Crippen LogP contribution >= 0.6 is 11.6 Å². The van der Waals surface area contributed by atoms with E-state index in [1.807, 2.05) is 0 Å². The van der Waals surface area contributed by atoms with Crippen molar-refractivity contribution < 1.29 is 23.4 Å². The standard InChI is InChI=1S/C14H9ClF2O3/c1-7-2-3-9(15)12(4-7)20-13-10(16)5-8(14(18)19)6-11(13)17/h2-6H,1H3,(H,18,19). The molecule has 0 aliphatic rings. The van der Waals surface area contributed by atoms with E-state index in [0.29, 0.717) is 12.1 Å². The highest BCUT2D eigenvalue weighted by molar-refractivity contribution is 6.32. The van der Waals surface area contributed by atoms with Crippen LogP contribution in [0.4, 0.5) is 8.78 Å². The van der Waals surface area contributed by atoms with E-state index in [0.717, 1.165) is 5.56 Å². The van der Waals surface area contributed by atoms with Crippen molar-refractivity contribution in [3.8, 4) is 11.5 Å². The van der Waals surface area contributed by atoms with Gasteiger partial charge in [-0.1, -0.05) is 17.7 Å². The summed E-state index contributed by atoms with van der Waals surface area (Å²) in [6, 6.07) is 6.14. The zero-order chi connectivity index (χ0) is 14.9. The van der Waals surface area contributed by atoms with Gasteiger partial charge < -0.3 is 9.84 Å². The van der Waals surface area contributed by atoms with Crippen molar-refractivity contribution in [1.82, 2.24) is 0 Å². The molecule has 2 aromatic rings. The molecule has 104 valence electrons. The Balaban J connectivity index is 2.44. The SMILES string of the molecule is Cc1ccc(Cl)c(Oc2c(F)cc(C(=O)O)cc2F)c1. The van der Waals surface area contributed by atoms with Crippen molar-refractivity contribution in [2.45, 2.75) is 6.92 Å². The average Bonchev–Trinajstić information content (AvgIpc) is 2.37. The molecule has 20 heavy (non-hydrogen) atoms. The Bertz CT molecular complexity index is 663. The molecule has 0 aromatic heterocycles. The van der Waals surface area contributed by atoms with E-state index in [2.05, 4.69) is 0 Å². The first-order chi connectivity index (χ1) is 9.38.